The summed E-state index contributed by atoms with van der Waals surface area (Å²) in [4.78, 5) is 7.62. The third kappa shape index (κ3) is 5.58. The van der Waals surface area contributed by atoms with E-state index in [9.17, 15) is 0 Å². The van der Waals surface area contributed by atoms with Crippen LogP contribution in [0.1, 0.15) is 11.5 Å². The first-order chi connectivity index (χ1) is 18.9. The molecule has 39 heavy (non-hydrogen) atoms. The van der Waals surface area contributed by atoms with E-state index in [-0.39, 0.29) is 24.0 Å². The number of aromatic nitrogens is 1. The molecule has 0 atom stereocenters. The average Bonchev–Trinajstić information content (AvgIpc) is 3.44. The minimum atomic E-state index is -2.41. The lowest BCUT2D eigenvalue weighted by Gasteiger charge is -2.30. The lowest BCUT2D eigenvalue weighted by Crippen LogP contribution is -2.44. The Bertz CT molecular complexity index is 1390. The number of rotatable bonds is 7. The molecule has 0 N–H and O–H groups in total. The molecule has 4 nitrogen and oxygen atoms in total. The van der Waals surface area contributed by atoms with E-state index >= 15 is 0 Å². The number of morpholine rings is 1. The second kappa shape index (κ2) is 12.7. The number of benzene rings is 4. The van der Waals surface area contributed by atoms with Crippen LogP contribution < -0.4 is 26.2 Å². The highest BCUT2D eigenvalue weighted by Crippen LogP contribution is 2.56. The smallest absolute Gasteiger partial charge is 0.262 e. The van der Waals surface area contributed by atoms with Crippen molar-refractivity contribution in [1.29, 1.82) is 0 Å². The minimum Gasteiger partial charge on any atom is -0.417 e. The molecule has 6 heteroatoms. The van der Waals surface area contributed by atoms with E-state index in [1.807, 2.05) is 24.3 Å². The van der Waals surface area contributed by atoms with Crippen LogP contribution in [0, 0.1) is 0 Å². The first-order valence-corrected chi connectivity index (χ1v) is 14.8. The SMILES string of the molecule is C(=Cc1nc([P+](c2ccccc2)(c2ccccc2)c2ccccc2)c(N2CCOCC2)o1)c1ccccc1.I. The Morgan fingerprint density at radius 2 is 1.08 bits per heavy atom. The maximum atomic E-state index is 6.65. The van der Waals surface area contributed by atoms with E-state index in [4.69, 9.17) is 14.1 Å². The van der Waals surface area contributed by atoms with Crippen molar-refractivity contribution >= 4 is 70.6 Å². The van der Waals surface area contributed by atoms with Gasteiger partial charge in [-0.1, -0.05) is 84.9 Å². The fraction of sp³-hybridized carbons (Fsp3) is 0.121. The van der Waals surface area contributed by atoms with Gasteiger partial charge in [-0.3, -0.25) is 0 Å². The normalized spacial score (nSPS) is 13.8. The van der Waals surface area contributed by atoms with Crippen LogP contribution in [0.15, 0.2) is 126 Å². The molecular weight excluding hydrogens is 614 g/mol. The fourth-order valence-corrected chi connectivity index (χ4v) is 9.29. The molecule has 5 aromatic rings. The first-order valence-electron chi connectivity index (χ1n) is 13.0. The number of nitrogens with zero attached hydrogens (tertiary/aromatic N) is 2. The van der Waals surface area contributed by atoms with Gasteiger partial charge in [-0.25, -0.2) is 0 Å². The number of hydrogen-bond acceptors (Lipinski definition) is 4. The van der Waals surface area contributed by atoms with Crippen molar-refractivity contribution in [2.75, 3.05) is 31.2 Å². The number of halogens is 1. The minimum absolute atomic E-state index is 0. The summed E-state index contributed by atoms with van der Waals surface area (Å²) in [5.74, 6) is 1.45. The quantitative estimate of drug-likeness (QED) is 0.163. The Morgan fingerprint density at radius 1 is 0.615 bits per heavy atom. The largest absolute Gasteiger partial charge is 0.417 e. The van der Waals surface area contributed by atoms with Crippen molar-refractivity contribution in [1.82, 2.24) is 4.98 Å². The molecule has 1 saturated heterocycles. The summed E-state index contributed by atoms with van der Waals surface area (Å²) in [7, 11) is -2.41. The van der Waals surface area contributed by atoms with Gasteiger partial charge < -0.3 is 14.1 Å². The summed E-state index contributed by atoms with van der Waals surface area (Å²) in [5.41, 5.74) is 2.10. The third-order valence-electron chi connectivity index (χ3n) is 6.87. The topological polar surface area (TPSA) is 38.5 Å². The van der Waals surface area contributed by atoms with Gasteiger partial charge in [0.2, 0.25) is 5.89 Å². The van der Waals surface area contributed by atoms with Crippen molar-refractivity contribution in [2.45, 2.75) is 0 Å². The summed E-state index contributed by atoms with van der Waals surface area (Å²) in [5, 5.41) is 3.75. The van der Waals surface area contributed by atoms with Crippen molar-refractivity contribution in [3.05, 3.63) is 133 Å². The van der Waals surface area contributed by atoms with Gasteiger partial charge in [-0.15, -0.1) is 24.0 Å². The van der Waals surface area contributed by atoms with Gasteiger partial charge in [0, 0.05) is 19.2 Å². The molecule has 0 amide bonds. The molecule has 196 valence electrons. The van der Waals surface area contributed by atoms with Crippen LogP contribution in [0.4, 0.5) is 5.88 Å². The number of oxazole rings is 1. The van der Waals surface area contributed by atoms with Crippen LogP contribution in [0.25, 0.3) is 12.2 Å². The molecule has 0 bridgehead atoms. The zero-order valence-electron chi connectivity index (χ0n) is 21.6. The predicted octanol–water partition coefficient (Wildman–Crippen LogP) is 5.92. The second-order valence-electron chi connectivity index (χ2n) is 9.20. The average molecular weight is 646 g/mol. The maximum Gasteiger partial charge on any atom is 0.262 e. The zero-order valence-corrected chi connectivity index (χ0v) is 24.8. The van der Waals surface area contributed by atoms with Crippen molar-refractivity contribution in [3.63, 3.8) is 0 Å². The molecule has 0 saturated carbocycles. The maximum absolute atomic E-state index is 6.65. The van der Waals surface area contributed by atoms with Gasteiger partial charge in [0.15, 0.2) is 7.26 Å². The number of ether oxygens (including phenoxy) is 1. The van der Waals surface area contributed by atoms with Crippen LogP contribution >= 0.6 is 31.2 Å². The van der Waals surface area contributed by atoms with Crippen LogP contribution in [-0.2, 0) is 4.74 Å². The Hall–Kier alpha value is -3.25. The van der Waals surface area contributed by atoms with Gasteiger partial charge in [0.1, 0.15) is 15.9 Å². The van der Waals surface area contributed by atoms with Crippen molar-refractivity contribution in [3.8, 4) is 0 Å². The summed E-state index contributed by atoms with van der Waals surface area (Å²) in [6, 6.07) is 42.7. The molecule has 0 spiro atoms. The number of hydrogen-bond donors (Lipinski definition) is 0. The first kappa shape index (κ1) is 27.3. The highest BCUT2D eigenvalue weighted by atomic mass is 127. The molecule has 1 fully saturated rings. The Labute approximate surface area is 247 Å². The number of anilines is 1. The molecule has 1 aliphatic rings. The van der Waals surface area contributed by atoms with Crippen molar-refractivity contribution in [2.24, 2.45) is 0 Å². The van der Waals surface area contributed by atoms with Gasteiger partial charge in [-0.05, 0) is 48.0 Å². The summed E-state index contributed by atoms with van der Waals surface area (Å²) >= 11 is 0. The summed E-state index contributed by atoms with van der Waals surface area (Å²) in [6.45, 7) is 2.87. The van der Waals surface area contributed by atoms with E-state index in [0.29, 0.717) is 19.1 Å². The van der Waals surface area contributed by atoms with Crippen LogP contribution in [0.3, 0.4) is 0 Å². The zero-order chi connectivity index (χ0) is 25.6. The summed E-state index contributed by atoms with van der Waals surface area (Å²) in [6.07, 6.45) is 4.05. The molecule has 6 rings (SSSR count). The summed E-state index contributed by atoms with van der Waals surface area (Å²) < 4.78 is 12.4. The van der Waals surface area contributed by atoms with E-state index in [1.54, 1.807) is 0 Å². The Balaban J connectivity index is 0.00000308. The molecule has 2 heterocycles. The molecule has 0 unspecified atom stereocenters. The molecule has 1 aromatic heterocycles. The van der Waals surface area contributed by atoms with Crippen LogP contribution in [-0.4, -0.2) is 31.3 Å². The van der Waals surface area contributed by atoms with Crippen LogP contribution in [0.5, 0.6) is 0 Å². The van der Waals surface area contributed by atoms with Crippen LogP contribution in [0.2, 0.25) is 0 Å². The van der Waals surface area contributed by atoms with Gasteiger partial charge in [-0.2, -0.15) is 4.98 Å². The standard InChI is InChI=1S/C33H30N2O2P.HI/c1-5-13-27(14-6-1)21-22-31-34-32(33(37-31)35-23-25-36-26-24-35)38(28-15-7-2-8-16-28,29-17-9-3-10-18-29)30-19-11-4-12-20-30;/h1-22H,23-26H2;1H/q+1;. The second-order valence-corrected chi connectivity index (χ2v) is 12.5. The molecular formula is C33H31IN2O2P+. The molecule has 0 aliphatic carbocycles. The molecule has 1 aliphatic heterocycles. The lowest BCUT2D eigenvalue weighted by molar-refractivity contribution is 0.121. The van der Waals surface area contributed by atoms with E-state index in [1.165, 1.54) is 15.9 Å². The fourth-order valence-electron chi connectivity index (χ4n) is 5.08. The van der Waals surface area contributed by atoms with E-state index in [0.717, 1.165) is 30.0 Å². The van der Waals surface area contributed by atoms with Gasteiger partial charge in [0.25, 0.3) is 11.3 Å². The Morgan fingerprint density at radius 3 is 1.56 bits per heavy atom. The predicted molar refractivity (Wildman–Crippen MR) is 175 cm³/mol. The highest BCUT2D eigenvalue weighted by molar-refractivity contribution is 14.0. The monoisotopic (exact) mass is 645 g/mol. The lowest BCUT2D eigenvalue weighted by atomic mass is 10.2. The van der Waals surface area contributed by atoms with Gasteiger partial charge in [0.05, 0.1) is 13.2 Å². The third-order valence-corrected chi connectivity index (χ3v) is 11.0. The molecule has 4 aromatic carbocycles. The molecule has 0 radical (unpaired) electrons. The van der Waals surface area contributed by atoms with E-state index < -0.39 is 7.26 Å². The van der Waals surface area contributed by atoms with E-state index in [2.05, 4.69) is 114 Å². The Kier molecular flexibility index (Phi) is 8.92. The van der Waals surface area contributed by atoms with Crippen molar-refractivity contribution < 1.29 is 9.15 Å². The van der Waals surface area contributed by atoms with Gasteiger partial charge >= 0.3 is 0 Å². The highest BCUT2D eigenvalue weighted by Gasteiger charge is 2.53.